The highest BCUT2D eigenvalue weighted by Crippen LogP contribution is 2.37. The quantitative estimate of drug-likeness (QED) is 0.277. The molecule has 2 atom stereocenters. The molecule has 1 heterocycles. The lowest BCUT2D eigenvalue weighted by atomic mass is 9.97. The maximum absolute atomic E-state index is 12.5. The fourth-order valence-electron chi connectivity index (χ4n) is 1.91. The zero-order chi connectivity index (χ0) is 12.3. The molecule has 1 aliphatic rings. The number of amidine groups is 1. The zero-order valence-corrected chi connectivity index (χ0v) is 8.48. The smallest absolute Gasteiger partial charge is 0.393 e. The molecule has 16 heavy (non-hydrogen) atoms. The molecule has 0 aromatic carbocycles. The standard InChI is InChI=1S/C8H14F3N3O2/c9-8(10,11)6-2-14(1-5(6)4-15)3-7(12)13-16/h5-6,15-16H,1-4H2,(H2,12,13). The molecule has 0 aromatic rings. The molecule has 5 nitrogen and oxygen atoms in total. The van der Waals surface area contributed by atoms with Crippen LogP contribution in [0, 0.1) is 11.8 Å². The lowest BCUT2D eigenvalue weighted by Gasteiger charge is -2.19. The predicted molar refractivity (Wildman–Crippen MR) is 50.0 cm³/mol. The molecule has 4 N–H and O–H groups in total. The number of nitrogens with two attached hydrogens (primary N) is 1. The van der Waals surface area contributed by atoms with Gasteiger partial charge in [0.25, 0.3) is 0 Å². The van der Waals surface area contributed by atoms with Crippen LogP contribution in [0.25, 0.3) is 0 Å². The minimum absolute atomic E-state index is 0.0282. The van der Waals surface area contributed by atoms with Gasteiger partial charge in [0.2, 0.25) is 0 Å². The van der Waals surface area contributed by atoms with Crippen LogP contribution < -0.4 is 5.73 Å². The number of alkyl halides is 3. The molecule has 0 amide bonds. The first-order chi connectivity index (χ1) is 7.38. The van der Waals surface area contributed by atoms with Gasteiger partial charge in [-0.1, -0.05) is 5.16 Å². The van der Waals surface area contributed by atoms with Crippen LogP contribution in [0.15, 0.2) is 5.16 Å². The van der Waals surface area contributed by atoms with Crippen molar-refractivity contribution in [3.63, 3.8) is 0 Å². The van der Waals surface area contributed by atoms with Crippen molar-refractivity contribution < 1.29 is 23.5 Å². The highest BCUT2D eigenvalue weighted by atomic mass is 19.4. The molecule has 94 valence electrons. The SMILES string of the molecule is N/C(CN1CC(CO)C(C(F)(F)F)C1)=N\O. The minimum atomic E-state index is -4.33. The minimum Gasteiger partial charge on any atom is -0.409 e. The normalized spacial score (nSPS) is 28.6. The average molecular weight is 241 g/mol. The van der Waals surface area contributed by atoms with Gasteiger partial charge in [0.05, 0.1) is 12.5 Å². The van der Waals surface area contributed by atoms with E-state index in [2.05, 4.69) is 5.16 Å². The number of hydrogen-bond acceptors (Lipinski definition) is 4. The molecular formula is C8H14F3N3O2. The first-order valence-electron chi connectivity index (χ1n) is 4.74. The van der Waals surface area contributed by atoms with E-state index in [1.165, 1.54) is 4.90 Å². The summed E-state index contributed by atoms with van der Waals surface area (Å²) in [6.07, 6.45) is -4.33. The molecule has 1 saturated heterocycles. The van der Waals surface area contributed by atoms with Crippen molar-refractivity contribution in [1.29, 1.82) is 0 Å². The Morgan fingerprint density at radius 2 is 2.06 bits per heavy atom. The molecule has 2 unspecified atom stereocenters. The van der Waals surface area contributed by atoms with E-state index in [4.69, 9.17) is 16.0 Å². The summed E-state index contributed by atoms with van der Waals surface area (Å²) >= 11 is 0. The molecule has 0 radical (unpaired) electrons. The van der Waals surface area contributed by atoms with Crippen LogP contribution in [0.1, 0.15) is 0 Å². The Kier molecular flexibility index (Phi) is 3.98. The number of hydrogen-bond donors (Lipinski definition) is 3. The summed E-state index contributed by atoms with van der Waals surface area (Å²) in [7, 11) is 0. The Balaban J connectivity index is 2.63. The van der Waals surface area contributed by atoms with Gasteiger partial charge in [-0.25, -0.2) is 0 Å². The second kappa shape index (κ2) is 4.88. The molecule has 0 aliphatic carbocycles. The molecule has 0 spiro atoms. The van der Waals surface area contributed by atoms with Crippen LogP contribution >= 0.6 is 0 Å². The molecule has 1 aliphatic heterocycles. The summed E-state index contributed by atoms with van der Waals surface area (Å²) in [6.45, 7) is -0.682. The Morgan fingerprint density at radius 3 is 2.44 bits per heavy atom. The van der Waals surface area contributed by atoms with Gasteiger partial charge in [-0.15, -0.1) is 0 Å². The van der Waals surface area contributed by atoms with Gasteiger partial charge in [-0.05, 0) is 0 Å². The van der Waals surface area contributed by atoms with E-state index >= 15 is 0 Å². The van der Waals surface area contributed by atoms with Gasteiger partial charge in [0.15, 0.2) is 5.84 Å². The second-order valence-corrected chi connectivity index (χ2v) is 3.88. The predicted octanol–water partition coefficient (Wildman–Crippen LogP) is -0.165. The summed E-state index contributed by atoms with van der Waals surface area (Å²) < 4.78 is 37.6. The van der Waals surface area contributed by atoms with E-state index in [1.54, 1.807) is 0 Å². The molecule has 1 fully saturated rings. The van der Waals surface area contributed by atoms with E-state index in [0.717, 1.165) is 0 Å². The van der Waals surface area contributed by atoms with Crippen molar-refractivity contribution in [2.24, 2.45) is 22.7 Å². The Labute approximate surface area is 90.3 Å². The van der Waals surface area contributed by atoms with Crippen LogP contribution in [-0.2, 0) is 0 Å². The number of halogens is 3. The first kappa shape index (κ1) is 13.0. The lowest BCUT2D eigenvalue weighted by molar-refractivity contribution is -0.182. The van der Waals surface area contributed by atoms with Crippen molar-refractivity contribution in [3.05, 3.63) is 0 Å². The van der Waals surface area contributed by atoms with E-state index in [9.17, 15) is 13.2 Å². The second-order valence-electron chi connectivity index (χ2n) is 3.88. The highest BCUT2D eigenvalue weighted by molar-refractivity contribution is 5.81. The first-order valence-corrected chi connectivity index (χ1v) is 4.74. The molecule has 8 heteroatoms. The zero-order valence-electron chi connectivity index (χ0n) is 8.48. The number of likely N-dealkylation sites (tertiary alicyclic amines) is 1. The number of aliphatic hydroxyl groups excluding tert-OH is 1. The van der Waals surface area contributed by atoms with Crippen molar-refractivity contribution >= 4 is 5.84 Å². The Morgan fingerprint density at radius 1 is 1.44 bits per heavy atom. The highest BCUT2D eigenvalue weighted by Gasteiger charge is 2.49. The number of oxime groups is 1. The van der Waals surface area contributed by atoms with Gasteiger partial charge in [-0.2, -0.15) is 13.2 Å². The summed E-state index contributed by atoms with van der Waals surface area (Å²) in [5.41, 5.74) is 5.21. The molecule has 0 saturated carbocycles. The van der Waals surface area contributed by atoms with Crippen LogP contribution in [-0.4, -0.2) is 53.5 Å². The fourth-order valence-corrected chi connectivity index (χ4v) is 1.91. The van der Waals surface area contributed by atoms with Crippen LogP contribution in [0.5, 0.6) is 0 Å². The van der Waals surface area contributed by atoms with Crippen LogP contribution in [0.4, 0.5) is 13.2 Å². The van der Waals surface area contributed by atoms with Crippen molar-refractivity contribution in [2.45, 2.75) is 6.18 Å². The molecular weight excluding hydrogens is 227 g/mol. The molecule has 1 rings (SSSR count). The van der Waals surface area contributed by atoms with Crippen molar-refractivity contribution in [1.82, 2.24) is 4.90 Å². The molecule has 0 aromatic heterocycles. The van der Waals surface area contributed by atoms with Crippen LogP contribution in [0.3, 0.4) is 0 Å². The largest absolute Gasteiger partial charge is 0.409 e. The van der Waals surface area contributed by atoms with E-state index in [0.29, 0.717) is 0 Å². The number of rotatable bonds is 3. The molecule has 0 bridgehead atoms. The van der Waals surface area contributed by atoms with Gasteiger partial charge in [0, 0.05) is 25.6 Å². The van der Waals surface area contributed by atoms with Crippen molar-refractivity contribution in [3.8, 4) is 0 Å². The van der Waals surface area contributed by atoms with Crippen LogP contribution in [0.2, 0.25) is 0 Å². The maximum atomic E-state index is 12.5. The summed E-state index contributed by atoms with van der Waals surface area (Å²) in [5.74, 6) is -2.53. The van der Waals surface area contributed by atoms with Gasteiger partial charge in [-0.3, -0.25) is 4.90 Å². The lowest BCUT2D eigenvalue weighted by Crippen LogP contribution is -2.34. The summed E-state index contributed by atoms with van der Waals surface area (Å²) in [5, 5.41) is 19.9. The Bertz CT molecular complexity index is 270. The third-order valence-corrected chi connectivity index (χ3v) is 2.69. The number of aliphatic hydroxyl groups is 1. The topological polar surface area (TPSA) is 82.1 Å². The average Bonchev–Trinajstić information content (AvgIpc) is 2.60. The van der Waals surface area contributed by atoms with E-state index in [-0.39, 0.29) is 25.5 Å². The summed E-state index contributed by atoms with van der Waals surface area (Å²) in [4.78, 5) is 1.41. The van der Waals surface area contributed by atoms with Crippen molar-refractivity contribution in [2.75, 3.05) is 26.2 Å². The fraction of sp³-hybridized carbons (Fsp3) is 0.875. The Hall–Kier alpha value is -1.02. The maximum Gasteiger partial charge on any atom is 0.393 e. The third kappa shape index (κ3) is 2.99. The van der Waals surface area contributed by atoms with Gasteiger partial charge in [0.1, 0.15) is 0 Å². The van der Waals surface area contributed by atoms with Gasteiger partial charge < -0.3 is 16.0 Å². The summed E-state index contributed by atoms with van der Waals surface area (Å²) in [6, 6.07) is 0. The number of nitrogens with zero attached hydrogens (tertiary/aromatic N) is 2. The van der Waals surface area contributed by atoms with E-state index < -0.39 is 24.6 Å². The van der Waals surface area contributed by atoms with E-state index in [1.807, 2.05) is 0 Å². The van der Waals surface area contributed by atoms with Gasteiger partial charge >= 0.3 is 6.18 Å². The third-order valence-electron chi connectivity index (χ3n) is 2.69. The monoisotopic (exact) mass is 241 g/mol.